The Bertz CT molecular complexity index is 499. The van der Waals surface area contributed by atoms with Gasteiger partial charge in [0.05, 0.1) is 0 Å². The minimum Gasteiger partial charge on any atom is -0.699 e. The van der Waals surface area contributed by atoms with Gasteiger partial charge in [-0.15, -0.1) is 11.4 Å². The molecular weight excluding hydrogens is 372 g/mol. The van der Waals surface area contributed by atoms with Crippen LogP contribution in [0.2, 0.25) is 0 Å². The average Bonchev–Trinajstić information content (AvgIpc) is 2.28. The van der Waals surface area contributed by atoms with Crippen LogP contribution in [0.5, 0.6) is 0 Å². The number of rotatable bonds is 2. The molecule has 0 aliphatic carbocycles. The maximum absolute atomic E-state index is 12.0. The van der Waals surface area contributed by atoms with Crippen LogP contribution in [-0.2, 0) is 0 Å². The normalized spacial score (nSPS) is 8.42. The number of carbonyl (C=O) groups excluding carboxylic acids is 1. The number of ketones is 1. The molecule has 19 heavy (non-hydrogen) atoms. The monoisotopic (exact) mass is 386 g/mol. The van der Waals surface area contributed by atoms with Crippen LogP contribution in [0.3, 0.4) is 0 Å². The molecule has 0 saturated carbocycles. The van der Waals surface area contributed by atoms with Crippen molar-refractivity contribution in [2.45, 2.75) is 0 Å². The van der Waals surface area contributed by atoms with Gasteiger partial charge in [-0.25, -0.2) is 0 Å². The molecule has 0 aliphatic rings. The third kappa shape index (κ3) is 5.25. The molecule has 0 amide bonds. The summed E-state index contributed by atoms with van der Waals surface area (Å²) >= 11 is 0. The summed E-state index contributed by atoms with van der Waals surface area (Å²) in [5, 5.41) is 0. The van der Waals surface area contributed by atoms with Crippen LogP contribution in [-0.4, -0.2) is 16.7 Å². The quantitative estimate of drug-likeness (QED) is 0.722. The molecule has 0 heterocycles. The summed E-state index contributed by atoms with van der Waals surface area (Å²) in [6.07, 6.45) is 0. The molecule has 0 saturated heterocycles. The van der Waals surface area contributed by atoms with Crippen LogP contribution in [0.4, 0.5) is 11.4 Å². The summed E-state index contributed by atoms with van der Waals surface area (Å²) in [5.41, 5.74) is 16.5. The van der Waals surface area contributed by atoms with Crippen molar-refractivity contribution in [1.29, 1.82) is 0 Å². The van der Waals surface area contributed by atoms with Gasteiger partial charge >= 0.3 is 0 Å². The third-order valence-electron chi connectivity index (χ3n) is 2.25. The Labute approximate surface area is 145 Å². The van der Waals surface area contributed by atoms with Gasteiger partial charge in [-0.1, -0.05) is 48.5 Å². The van der Waals surface area contributed by atoms with E-state index >= 15 is 0 Å². The number of carbonyl (C=O) groups is 1. The van der Waals surface area contributed by atoms with E-state index in [2.05, 4.69) is 0 Å². The molecule has 0 bridgehead atoms. The Balaban J connectivity index is 0. The second-order valence-electron chi connectivity index (χ2n) is 3.49. The van der Waals surface area contributed by atoms with Gasteiger partial charge in [-0.3, -0.25) is 4.79 Å². The molecule has 6 N–H and O–H groups in total. The molecular formula is C13H14CeN2O3-2. The van der Waals surface area contributed by atoms with E-state index in [1.54, 1.807) is 36.4 Å². The van der Waals surface area contributed by atoms with E-state index in [1.807, 2.05) is 0 Å². The van der Waals surface area contributed by atoms with Crippen molar-refractivity contribution in [3.8, 4) is 0 Å². The molecule has 2 aromatic rings. The molecule has 0 radical (unpaired) electrons. The fourth-order valence-corrected chi connectivity index (χ4v) is 1.49. The fourth-order valence-electron chi connectivity index (χ4n) is 1.49. The second kappa shape index (κ2) is 9.00. The first-order chi connectivity index (χ1) is 7.66. The predicted octanol–water partition coefficient (Wildman–Crippen LogP) is 2.64. The standard InChI is InChI=1S/C13H10N2O.Ce.2H2O/c14-11-5-1-3-9(7-11)13(16)10-4-2-6-12(15)8-10;;;/h1-8,14-15H;;2*1H2/q-2;;;. The summed E-state index contributed by atoms with van der Waals surface area (Å²) in [6.45, 7) is 0. The van der Waals surface area contributed by atoms with Crippen molar-refractivity contribution in [3.05, 3.63) is 71.1 Å². The number of hydrogen-bond acceptors (Lipinski definition) is 1. The van der Waals surface area contributed by atoms with E-state index in [1.165, 1.54) is 12.1 Å². The Kier molecular flexibility index (Phi) is 9.63. The molecule has 0 atom stereocenters. The summed E-state index contributed by atoms with van der Waals surface area (Å²) in [4.78, 5) is 12.0. The van der Waals surface area contributed by atoms with Gasteiger partial charge in [0.25, 0.3) is 0 Å². The van der Waals surface area contributed by atoms with Crippen LogP contribution in [0.15, 0.2) is 48.5 Å². The Morgan fingerprint density at radius 3 is 1.47 bits per heavy atom. The van der Waals surface area contributed by atoms with Gasteiger partial charge in [0.15, 0.2) is 5.78 Å². The summed E-state index contributed by atoms with van der Waals surface area (Å²) in [6, 6.07) is 13.0. The van der Waals surface area contributed by atoms with Crippen molar-refractivity contribution in [2.24, 2.45) is 0 Å². The minimum absolute atomic E-state index is 0. The first kappa shape index (κ1) is 20.3. The maximum atomic E-state index is 12.0. The fraction of sp³-hybridized carbons (Fsp3) is 0. The molecule has 0 unspecified atom stereocenters. The van der Waals surface area contributed by atoms with E-state index in [9.17, 15) is 4.79 Å². The van der Waals surface area contributed by atoms with Gasteiger partial charge in [0.2, 0.25) is 0 Å². The molecule has 0 spiro atoms. The maximum Gasteiger partial charge on any atom is 0.192 e. The zero-order chi connectivity index (χ0) is 11.5. The Morgan fingerprint density at radius 1 is 0.789 bits per heavy atom. The van der Waals surface area contributed by atoms with Crippen molar-refractivity contribution in [2.75, 3.05) is 0 Å². The molecule has 0 aliphatic heterocycles. The predicted molar refractivity (Wildman–Crippen MR) is 71.5 cm³/mol. The molecule has 5 nitrogen and oxygen atoms in total. The first-order valence-electron chi connectivity index (χ1n) is 4.85. The zero-order valence-corrected chi connectivity index (χ0v) is 13.2. The van der Waals surface area contributed by atoms with E-state index in [-0.39, 0.29) is 58.5 Å². The van der Waals surface area contributed by atoms with Crippen LogP contribution >= 0.6 is 0 Å². The molecule has 2 aromatic carbocycles. The molecule has 100 valence electrons. The van der Waals surface area contributed by atoms with E-state index in [0.29, 0.717) is 22.5 Å². The SMILES string of the molecule is O.O.[Ce].[NH-]c1cccc(C(=O)c2cccc([NH-])c2)c1. The van der Waals surface area contributed by atoms with Gasteiger partial charge in [0, 0.05) is 52.9 Å². The van der Waals surface area contributed by atoms with E-state index < -0.39 is 0 Å². The van der Waals surface area contributed by atoms with Gasteiger partial charge < -0.3 is 22.4 Å². The van der Waals surface area contributed by atoms with Crippen LogP contribution in [0.1, 0.15) is 15.9 Å². The molecule has 2 rings (SSSR count). The summed E-state index contributed by atoms with van der Waals surface area (Å²) in [5.74, 6) is -0.150. The first-order valence-corrected chi connectivity index (χ1v) is 4.85. The Morgan fingerprint density at radius 2 is 1.16 bits per heavy atom. The summed E-state index contributed by atoms with van der Waals surface area (Å²) in [7, 11) is 0. The molecule has 6 heteroatoms. The number of nitrogens with one attached hydrogen (secondary N) is 2. The molecule has 0 fully saturated rings. The minimum atomic E-state index is -0.150. The largest absolute Gasteiger partial charge is 0.699 e. The van der Waals surface area contributed by atoms with Crippen molar-refractivity contribution in [1.82, 2.24) is 0 Å². The average molecular weight is 386 g/mol. The van der Waals surface area contributed by atoms with E-state index in [0.717, 1.165) is 0 Å². The van der Waals surface area contributed by atoms with Gasteiger partial charge in [-0.2, -0.15) is 0 Å². The van der Waals surface area contributed by atoms with Crippen LogP contribution in [0.25, 0.3) is 11.5 Å². The van der Waals surface area contributed by atoms with Crippen molar-refractivity contribution >= 4 is 17.2 Å². The Hall–Kier alpha value is -0.993. The smallest absolute Gasteiger partial charge is 0.192 e. The van der Waals surface area contributed by atoms with Gasteiger partial charge in [0.1, 0.15) is 0 Å². The van der Waals surface area contributed by atoms with Crippen LogP contribution < -0.4 is 0 Å². The number of hydrogen-bond donors (Lipinski definition) is 0. The van der Waals surface area contributed by atoms with Crippen molar-refractivity contribution in [3.63, 3.8) is 0 Å². The van der Waals surface area contributed by atoms with Crippen LogP contribution in [0, 0.1) is 41.7 Å². The number of benzene rings is 2. The topological polar surface area (TPSA) is 128 Å². The zero-order valence-electron chi connectivity index (χ0n) is 10.0. The van der Waals surface area contributed by atoms with Gasteiger partial charge in [-0.05, 0) is 0 Å². The second-order valence-corrected chi connectivity index (χ2v) is 3.49. The molecule has 0 aromatic heterocycles. The summed E-state index contributed by atoms with van der Waals surface area (Å²) < 4.78 is 0. The van der Waals surface area contributed by atoms with E-state index in [4.69, 9.17) is 11.5 Å². The van der Waals surface area contributed by atoms with Crippen molar-refractivity contribution < 1.29 is 57.5 Å². The third-order valence-corrected chi connectivity index (χ3v) is 2.25.